The number of ketones is 1. The first kappa shape index (κ1) is 20.2. The number of carbonyl (C=O) groups is 2. The fraction of sp³-hybridized carbons (Fsp3) is 0.579. The Kier molecular flexibility index (Phi) is 6.23. The highest BCUT2D eigenvalue weighted by molar-refractivity contribution is 5.99. The number of halogens is 1. The van der Waals surface area contributed by atoms with Gasteiger partial charge in [0.05, 0.1) is 38.0 Å². The quantitative estimate of drug-likeness (QED) is 0.763. The Morgan fingerprint density at radius 3 is 2.62 bits per heavy atom. The highest BCUT2D eigenvalue weighted by Crippen LogP contribution is 2.26. The molecule has 0 aliphatic carbocycles. The van der Waals surface area contributed by atoms with Gasteiger partial charge in [0.15, 0.2) is 5.78 Å². The summed E-state index contributed by atoms with van der Waals surface area (Å²) < 4.78 is 30.2. The second-order valence-corrected chi connectivity index (χ2v) is 7.37. The van der Waals surface area contributed by atoms with E-state index in [0.717, 1.165) is 0 Å². The summed E-state index contributed by atoms with van der Waals surface area (Å²) in [5.41, 5.74) is -0.768. The molecule has 26 heavy (non-hydrogen) atoms. The Balaban J connectivity index is 2.22. The number of methoxy groups -OCH3 is 1. The van der Waals surface area contributed by atoms with Crippen molar-refractivity contribution in [3.8, 4) is 5.75 Å². The summed E-state index contributed by atoms with van der Waals surface area (Å²) >= 11 is 0. The summed E-state index contributed by atoms with van der Waals surface area (Å²) in [7, 11) is 1.38. The van der Waals surface area contributed by atoms with Crippen molar-refractivity contribution >= 4 is 11.9 Å². The largest absolute Gasteiger partial charge is 0.496 e. The maximum absolute atomic E-state index is 14.2. The van der Waals surface area contributed by atoms with Gasteiger partial charge >= 0.3 is 6.09 Å². The zero-order chi connectivity index (χ0) is 19.5. The third-order valence-corrected chi connectivity index (χ3v) is 4.04. The standard InChI is InChI=1S/C19H26FNO5/c1-12-10-25-11-13(21(12)18(23)26-19(2,3)4)9-15(22)17-14(20)7-6-8-16(17)24-5/h6-8,12-13H,9-11H2,1-5H3. The van der Waals surface area contributed by atoms with E-state index in [1.165, 1.54) is 30.2 Å². The maximum atomic E-state index is 14.2. The van der Waals surface area contributed by atoms with E-state index in [1.54, 1.807) is 20.8 Å². The zero-order valence-corrected chi connectivity index (χ0v) is 15.9. The molecule has 0 aromatic heterocycles. The number of amides is 1. The molecule has 1 fully saturated rings. The molecule has 1 aliphatic heterocycles. The van der Waals surface area contributed by atoms with E-state index in [4.69, 9.17) is 14.2 Å². The number of morpholine rings is 1. The Hall–Kier alpha value is -2.15. The molecule has 1 aliphatic rings. The smallest absolute Gasteiger partial charge is 0.410 e. The van der Waals surface area contributed by atoms with Gasteiger partial charge < -0.3 is 14.2 Å². The van der Waals surface area contributed by atoms with Crippen LogP contribution in [-0.2, 0) is 9.47 Å². The van der Waals surface area contributed by atoms with Gasteiger partial charge in [-0.1, -0.05) is 6.07 Å². The number of hydrogen-bond donors (Lipinski definition) is 0. The second kappa shape index (κ2) is 8.03. The van der Waals surface area contributed by atoms with Crippen LogP contribution in [0.2, 0.25) is 0 Å². The highest BCUT2D eigenvalue weighted by Gasteiger charge is 2.37. The van der Waals surface area contributed by atoms with E-state index >= 15 is 0 Å². The van der Waals surface area contributed by atoms with E-state index in [0.29, 0.717) is 6.61 Å². The molecule has 1 heterocycles. The molecule has 0 saturated carbocycles. The van der Waals surface area contributed by atoms with Crippen LogP contribution in [0.1, 0.15) is 44.5 Å². The molecule has 2 rings (SSSR count). The third kappa shape index (κ3) is 4.72. The van der Waals surface area contributed by atoms with E-state index < -0.39 is 29.3 Å². The average molecular weight is 367 g/mol. The Bertz CT molecular complexity index is 670. The van der Waals surface area contributed by atoms with E-state index in [2.05, 4.69) is 0 Å². The number of Topliss-reactive ketones (excluding diaryl/α,β-unsaturated/α-hetero) is 1. The van der Waals surface area contributed by atoms with E-state index in [9.17, 15) is 14.0 Å². The average Bonchev–Trinajstić information content (AvgIpc) is 2.52. The van der Waals surface area contributed by atoms with Gasteiger partial charge in [-0.25, -0.2) is 9.18 Å². The van der Waals surface area contributed by atoms with Crippen LogP contribution in [0.15, 0.2) is 18.2 Å². The lowest BCUT2D eigenvalue weighted by Gasteiger charge is -2.40. The first-order chi connectivity index (χ1) is 12.1. The molecule has 1 saturated heterocycles. The fourth-order valence-electron chi connectivity index (χ4n) is 2.96. The molecule has 1 aromatic rings. The van der Waals surface area contributed by atoms with Crippen molar-refractivity contribution < 1.29 is 28.2 Å². The summed E-state index contributed by atoms with van der Waals surface area (Å²) in [5.74, 6) is -0.928. The summed E-state index contributed by atoms with van der Waals surface area (Å²) in [6, 6.07) is 3.43. The molecule has 0 radical (unpaired) electrons. The summed E-state index contributed by atoms with van der Waals surface area (Å²) in [4.78, 5) is 26.8. The van der Waals surface area contributed by atoms with Crippen LogP contribution in [0, 0.1) is 5.82 Å². The number of nitrogens with zero attached hydrogens (tertiary/aromatic N) is 1. The monoisotopic (exact) mass is 367 g/mol. The van der Waals surface area contributed by atoms with Crippen LogP contribution < -0.4 is 4.74 Å². The Morgan fingerprint density at radius 2 is 2.00 bits per heavy atom. The van der Waals surface area contributed by atoms with Gasteiger partial charge in [0.25, 0.3) is 0 Å². The lowest BCUT2D eigenvalue weighted by atomic mass is 10.00. The van der Waals surface area contributed by atoms with Gasteiger partial charge in [0.1, 0.15) is 17.2 Å². The van der Waals surface area contributed by atoms with Crippen molar-refractivity contribution in [2.45, 2.75) is 51.8 Å². The van der Waals surface area contributed by atoms with Crippen LogP contribution in [-0.4, -0.2) is 54.8 Å². The topological polar surface area (TPSA) is 65.1 Å². The highest BCUT2D eigenvalue weighted by atomic mass is 19.1. The summed E-state index contributed by atoms with van der Waals surface area (Å²) in [5, 5.41) is 0. The Morgan fingerprint density at radius 1 is 1.31 bits per heavy atom. The van der Waals surface area contributed by atoms with Crippen LogP contribution in [0.3, 0.4) is 0 Å². The van der Waals surface area contributed by atoms with Crippen LogP contribution in [0.25, 0.3) is 0 Å². The normalized spacial score (nSPS) is 20.6. The van der Waals surface area contributed by atoms with Crippen LogP contribution in [0.4, 0.5) is 9.18 Å². The molecule has 0 bridgehead atoms. The molecule has 144 valence electrons. The number of hydrogen-bond acceptors (Lipinski definition) is 5. The molecule has 1 aromatic carbocycles. The van der Waals surface area contributed by atoms with Crippen molar-refractivity contribution in [1.29, 1.82) is 0 Å². The molecule has 0 N–H and O–H groups in total. The van der Waals surface area contributed by atoms with Gasteiger partial charge in [-0.2, -0.15) is 0 Å². The fourth-order valence-corrected chi connectivity index (χ4v) is 2.96. The minimum atomic E-state index is -0.654. The number of ether oxygens (including phenoxy) is 3. The third-order valence-electron chi connectivity index (χ3n) is 4.04. The molecule has 0 spiro atoms. The predicted molar refractivity (Wildman–Crippen MR) is 94.0 cm³/mol. The zero-order valence-electron chi connectivity index (χ0n) is 15.9. The number of carbonyl (C=O) groups excluding carboxylic acids is 2. The molecule has 1 amide bonds. The van der Waals surface area contributed by atoms with Crippen molar-refractivity contribution in [3.63, 3.8) is 0 Å². The van der Waals surface area contributed by atoms with Gasteiger partial charge in [-0.05, 0) is 39.8 Å². The van der Waals surface area contributed by atoms with E-state index in [-0.39, 0.29) is 30.4 Å². The van der Waals surface area contributed by atoms with Crippen molar-refractivity contribution in [1.82, 2.24) is 4.90 Å². The predicted octanol–water partition coefficient (Wildman–Crippen LogP) is 3.43. The van der Waals surface area contributed by atoms with Crippen LogP contribution in [0.5, 0.6) is 5.75 Å². The lowest BCUT2D eigenvalue weighted by molar-refractivity contribution is -0.0558. The molecule has 2 atom stereocenters. The SMILES string of the molecule is COc1cccc(F)c1C(=O)CC1COCC(C)N1C(=O)OC(C)(C)C. The van der Waals surface area contributed by atoms with Crippen molar-refractivity contribution in [2.24, 2.45) is 0 Å². The molecular formula is C19H26FNO5. The first-order valence-electron chi connectivity index (χ1n) is 8.58. The van der Waals surface area contributed by atoms with Gasteiger partial charge in [0.2, 0.25) is 0 Å². The first-order valence-corrected chi connectivity index (χ1v) is 8.58. The molecule has 6 nitrogen and oxygen atoms in total. The van der Waals surface area contributed by atoms with E-state index in [1.807, 2.05) is 6.92 Å². The van der Waals surface area contributed by atoms with Crippen molar-refractivity contribution in [2.75, 3.05) is 20.3 Å². The summed E-state index contributed by atoms with van der Waals surface area (Å²) in [6.07, 6.45) is -0.590. The number of rotatable bonds is 4. The minimum absolute atomic E-state index is 0.0825. The lowest BCUT2D eigenvalue weighted by Crippen LogP contribution is -2.55. The second-order valence-electron chi connectivity index (χ2n) is 7.37. The molecule has 7 heteroatoms. The molecular weight excluding hydrogens is 341 g/mol. The van der Waals surface area contributed by atoms with Gasteiger partial charge in [-0.15, -0.1) is 0 Å². The Labute approximate surface area is 153 Å². The van der Waals surface area contributed by atoms with Crippen molar-refractivity contribution in [3.05, 3.63) is 29.6 Å². The molecule has 2 unspecified atom stereocenters. The van der Waals surface area contributed by atoms with Gasteiger partial charge in [-0.3, -0.25) is 9.69 Å². The van der Waals surface area contributed by atoms with Crippen LogP contribution >= 0.6 is 0 Å². The number of benzene rings is 1. The summed E-state index contributed by atoms with van der Waals surface area (Å²) in [6.45, 7) is 7.70. The maximum Gasteiger partial charge on any atom is 0.410 e. The van der Waals surface area contributed by atoms with Gasteiger partial charge in [0, 0.05) is 6.42 Å². The minimum Gasteiger partial charge on any atom is -0.496 e.